The van der Waals surface area contributed by atoms with Crippen LogP contribution in [0.15, 0.2) is 18.6 Å². The lowest BCUT2D eigenvalue weighted by molar-refractivity contribution is -0.145. The Kier molecular flexibility index (Phi) is 13.3. The Hall–Kier alpha value is -4.47. The zero-order valence-corrected chi connectivity index (χ0v) is 33.2. The number of hydrogen-bond acceptors (Lipinski definition) is 10. The molecule has 4 aliphatic rings. The quantitative estimate of drug-likeness (QED) is 0.189. The number of nitrogens with one attached hydrogen (secondary N) is 4. The smallest absolute Gasteiger partial charge is 0.289 e. The van der Waals surface area contributed by atoms with Crippen molar-refractivity contribution in [2.45, 2.75) is 142 Å². The summed E-state index contributed by atoms with van der Waals surface area (Å²) in [6, 6.07) is -4.39. The molecule has 55 heavy (non-hydrogen) atoms. The fourth-order valence-electron chi connectivity index (χ4n) is 8.44. The molecule has 2 aliphatic carbocycles. The molecule has 1 aromatic heterocycles. The fourth-order valence-corrected chi connectivity index (χ4v) is 8.44. The topological polar surface area (TPSA) is 203 Å². The molecule has 5 rings (SSSR count). The van der Waals surface area contributed by atoms with Crippen LogP contribution in [-0.4, -0.2) is 128 Å². The van der Waals surface area contributed by atoms with E-state index >= 15 is 4.79 Å². The van der Waals surface area contributed by atoms with Gasteiger partial charge >= 0.3 is 0 Å². The molecule has 0 radical (unpaired) electrons. The molecule has 4 fully saturated rings. The number of Topliss-reactive ketones (excluding diaryl/α,β-unsaturated/α-hetero) is 1. The van der Waals surface area contributed by atoms with Gasteiger partial charge in [-0.3, -0.25) is 43.4 Å². The van der Waals surface area contributed by atoms with Crippen molar-refractivity contribution in [3.8, 4) is 0 Å². The highest BCUT2D eigenvalue weighted by Crippen LogP contribution is 2.41. The fraction of sp³-hybridized carbons (Fsp3) is 0.718. The molecule has 1 aromatic rings. The maximum absolute atomic E-state index is 15.1. The van der Waals surface area contributed by atoms with Crippen molar-refractivity contribution in [3.63, 3.8) is 0 Å². The predicted octanol–water partition coefficient (Wildman–Crippen LogP) is 1.30. The minimum atomic E-state index is -1.15. The number of carbonyl (C=O) groups excluding carboxylic acids is 7. The third-order valence-corrected chi connectivity index (χ3v) is 11.6. The van der Waals surface area contributed by atoms with Gasteiger partial charge in [-0.2, -0.15) is 0 Å². The molecule has 0 bridgehead atoms. The Labute approximate surface area is 323 Å². The van der Waals surface area contributed by atoms with E-state index in [1.807, 2.05) is 46.4 Å². The maximum Gasteiger partial charge on any atom is 0.289 e. The van der Waals surface area contributed by atoms with E-state index in [0.717, 1.165) is 32.1 Å². The lowest BCUT2D eigenvalue weighted by Crippen LogP contribution is -2.62. The minimum Gasteiger partial charge on any atom is -0.347 e. The van der Waals surface area contributed by atoms with Gasteiger partial charge in [-0.25, -0.2) is 4.98 Å². The van der Waals surface area contributed by atoms with Gasteiger partial charge < -0.3 is 31.1 Å². The number of ketones is 1. The van der Waals surface area contributed by atoms with Gasteiger partial charge in [-0.15, -0.1) is 0 Å². The second-order valence-electron chi connectivity index (χ2n) is 16.5. The molecule has 2 saturated carbocycles. The molecule has 5 atom stereocenters. The van der Waals surface area contributed by atoms with E-state index in [0.29, 0.717) is 32.4 Å². The number of carbonyl (C=O) groups is 7. The third kappa shape index (κ3) is 9.33. The van der Waals surface area contributed by atoms with Gasteiger partial charge in [-0.1, -0.05) is 60.3 Å². The Bertz CT molecular complexity index is 1610. The van der Waals surface area contributed by atoms with E-state index in [1.54, 1.807) is 4.90 Å². The molecule has 302 valence electrons. The number of hydrogen-bond donors (Lipinski definition) is 4. The molecule has 1 spiro atoms. The van der Waals surface area contributed by atoms with Crippen LogP contribution in [0, 0.1) is 11.3 Å². The van der Waals surface area contributed by atoms with E-state index in [9.17, 15) is 28.8 Å². The summed E-state index contributed by atoms with van der Waals surface area (Å²) in [6.45, 7) is 12.0. The summed E-state index contributed by atoms with van der Waals surface area (Å²) < 4.78 is 0. The highest BCUT2D eigenvalue weighted by molar-refractivity contribution is 6.38. The van der Waals surface area contributed by atoms with E-state index < -0.39 is 70.6 Å². The summed E-state index contributed by atoms with van der Waals surface area (Å²) in [5.74, 6) is -4.01. The second kappa shape index (κ2) is 17.5. The van der Waals surface area contributed by atoms with Crippen LogP contribution in [-0.2, 0) is 28.8 Å². The van der Waals surface area contributed by atoms with Crippen LogP contribution >= 0.6 is 0 Å². The molecule has 2 saturated heterocycles. The lowest BCUT2D eigenvalue weighted by Gasteiger charge is -2.40. The van der Waals surface area contributed by atoms with E-state index in [4.69, 9.17) is 0 Å². The summed E-state index contributed by atoms with van der Waals surface area (Å²) in [5.41, 5.74) is -1.81. The van der Waals surface area contributed by atoms with Crippen molar-refractivity contribution in [2.24, 2.45) is 11.3 Å². The summed E-state index contributed by atoms with van der Waals surface area (Å²) in [4.78, 5) is 110. The largest absolute Gasteiger partial charge is 0.347 e. The van der Waals surface area contributed by atoms with Crippen molar-refractivity contribution in [1.29, 1.82) is 0 Å². The first-order valence-electron chi connectivity index (χ1n) is 20.0. The SMILES string of the molecule is CCCC(NC(=O)[C@@H]1CC2(CN1C(=O)[C@@H](NC(=O)[C@@H](NC(=O)c1cnccn1)C1CCCCC1)C(C)(C)C)N(CC)CC(=O)N2CC)C(=O)C(=O)NC1CC1. The Morgan fingerprint density at radius 2 is 1.64 bits per heavy atom. The Morgan fingerprint density at radius 1 is 0.927 bits per heavy atom. The average Bonchev–Trinajstić information content (AvgIpc) is 3.83. The van der Waals surface area contributed by atoms with Crippen LogP contribution in [0.3, 0.4) is 0 Å². The summed E-state index contributed by atoms with van der Waals surface area (Å²) in [6.07, 6.45) is 10.8. The summed E-state index contributed by atoms with van der Waals surface area (Å²) >= 11 is 0. The molecule has 16 nitrogen and oxygen atoms in total. The molecule has 2 aliphatic heterocycles. The van der Waals surface area contributed by atoms with E-state index in [-0.39, 0.29) is 49.5 Å². The first-order valence-corrected chi connectivity index (χ1v) is 20.0. The van der Waals surface area contributed by atoms with Crippen molar-refractivity contribution >= 4 is 41.2 Å². The van der Waals surface area contributed by atoms with Gasteiger partial charge in [0.2, 0.25) is 29.4 Å². The number of amides is 6. The first-order chi connectivity index (χ1) is 26.1. The molecule has 3 heterocycles. The van der Waals surface area contributed by atoms with Crippen LogP contribution in [0.1, 0.15) is 116 Å². The van der Waals surface area contributed by atoms with Crippen LogP contribution < -0.4 is 21.3 Å². The van der Waals surface area contributed by atoms with Crippen molar-refractivity contribution < 1.29 is 33.6 Å². The molecular formula is C39H59N9O7. The van der Waals surface area contributed by atoms with Gasteiger partial charge in [0, 0.05) is 31.4 Å². The summed E-state index contributed by atoms with van der Waals surface area (Å²) in [7, 11) is 0. The molecule has 16 heteroatoms. The molecule has 4 N–H and O–H groups in total. The van der Waals surface area contributed by atoms with Gasteiger partial charge in [0.25, 0.3) is 11.8 Å². The van der Waals surface area contributed by atoms with Gasteiger partial charge in [0.15, 0.2) is 0 Å². The van der Waals surface area contributed by atoms with Crippen LogP contribution in [0.4, 0.5) is 0 Å². The lowest BCUT2D eigenvalue weighted by atomic mass is 9.82. The summed E-state index contributed by atoms with van der Waals surface area (Å²) in [5, 5.41) is 11.4. The average molecular weight is 766 g/mol. The molecule has 2 unspecified atom stereocenters. The normalized spacial score (nSPS) is 23.6. The van der Waals surface area contributed by atoms with E-state index in [2.05, 4.69) is 31.2 Å². The van der Waals surface area contributed by atoms with Crippen molar-refractivity contribution in [3.05, 3.63) is 24.3 Å². The van der Waals surface area contributed by atoms with Gasteiger partial charge in [0.05, 0.1) is 25.3 Å². The van der Waals surface area contributed by atoms with Gasteiger partial charge in [0.1, 0.15) is 29.5 Å². The Balaban J connectivity index is 1.46. The predicted molar refractivity (Wildman–Crippen MR) is 202 cm³/mol. The van der Waals surface area contributed by atoms with Gasteiger partial charge in [-0.05, 0) is 56.9 Å². The number of likely N-dealkylation sites (tertiary alicyclic amines) is 1. The monoisotopic (exact) mass is 765 g/mol. The number of nitrogens with zero attached hydrogens (tertiary/aromatic N) is 5. The standard InChI is InChI=1S/C39H59N9O7/c1-7-13-26(31(50)36(54)42-25-16-17-25)43-34(52)28-20-39(46(8-2)22-29(49)48(39)9-3)23-47(28)37(55)32(38(4,5)6)45-35(53)30(24-14-11-10-12-15-24)44-33(51)27-21-40-18-19-41-27/h18-19,21,24-26,28,30,32H,7-17,20,22-23H2,1-6H3,(H,42,54)(H,43,52)(H,44,51)(H,45,53)/t26?,28-,30-,32+,39?/m0/s1. The highest BCUT2D eigenvalue weighted by Gasteiger charge is 2.60. The van der Waals surface area contributed by atoms with Crippen molar-refractivity contribution in [1.82, 2.24) is 45.9 Å². The maximum atomic E-state index is 15.1. The number of aromatic nitrogens is 2. The first kappa shape index (κ1) is 41.7. The third-order valence-electron chi connectivity index (χ3n) is 11.6. The number of rotatable bonds is 15. The highest BCUT2D eigenvalue weighted by atomic mass is 16.2. The molecule has 6 amide bonds. The van der Waals surface area contributed by atoms with E-state index in [1.165, 1.54) is 23.5 Å². The molecule has 0 aromatic carbocycles. The van der Waals surface area contributed by atoms with Crippen LogP contribution in [0.25, 0.3) is 0 Å². The zero-order chi connectivity index (χ0) is 40.1. The van der Waals surface area contributed by atoms with Crippen LogP contribution in [0.5, 0.6) is 0 Å². The number of likely N-dealkylation sites (N-methyl/N-ethyl adjacent to an activating group) is 2. The molecular weight excluding hydrogens is 706 g/mol. The van der Waals surface area contributed by atoms with Crippen LogP contribution in [0.2, 0.25) is 0 Å². The minimum absolute atomic E-state index is 0.0101. The second-order valence-corrected chi connectivity index (χ2v) is 16.5. The Morgan fingerprint density at radius 3 is 2.22 bits per heavy atom. The zero-order valence-electron chi connectivity index (χ0n) is 33.2. The van der Waals surface area contributed by atoms with Crippen molar-refractivity contribution in [2.75, 3.05) is 26.2 Å².